The lowest BCUT2D eigenvalue weighted by atomic mass is 9.60. The molecule has 0 aromatic carbocycles. The van der Waals surface area contributed by atoms with Gasteiger partial charge in [-0.05, 0) is 0 Å². The fraction of sp³-hybridized carbons (Fsp3) is 0.909. The van der Waals surface area contributed by atoms with Crippen molar-refractivity contribution in [2.75, 3.05) is 0 Å². The van der Waals surface area contributed by atoms with Gasteiger partial charge in [-0.2, -0.15) is 0 Å². The predicted molar refractivity (Wildman–Crippen MR) is 60.5 cm³/mol. The molecular formula is C11H21BO2. The van der Waals surface area contributed by atoms with Crippen molar-refractivity contribution in [2.24, 2.45) is 0 Å². The van der Waals surface area contributed by atoms with Crippen molar-refractivity contribution in [3.63, 3.8) is 0 Å². The first-order valence-corrected chi connectivity index (χ1v) is 6.01. The maximum absolute atomic E-state index is 10.6. The van der Waals surface area contributed by atoms with Crippen molar-refractivity contribution in [2.45, 2.75) is 63.6 Å². The maximum atomic E-state index is 10.6. The van der Waals surface area contributed by atoms with Gasteiger partial charge < -0.3 is 5.11 Å². The van der Waals surface area contributed by atoms with Crippen LogP contribution >= 0.6 is 0 Å². The molecule has 3 heteroatoms. The zero-order valence-corrected chi connectivity index (χ0v) is 9.00. The molecule has 2 nitrogen and oxygen atoms in total. The Morgan fingerprint density at radius 1 is 0.929 bits per heavy atom. The molecule has 0 amide bonds. The molecule has 1 fully saturated rings. The average molecular weight is 196 g/mol. The van der Waals surface area contributed by atoms with Crippen LogP contribution in [0.15, 0.2) is 0 Å². The van der Waals surface area contributed by atoms with Gasteiger partial charge in [-0.1, -0.05) is 63.6 Å². The van der Waals surface area contributed by atoms with E-state index < -0.39 is 5.87 Å². The van der Waals surface area contributed by atoms with Crippen LogP contribution in [-0.2, 0) is 0 Å². The van der Waals surface area contributed by atoms with Gasteiger partial charge in [0.25, 0.3) is 7.28 Å². The third-order valence-corrected chi connectivity index (χ3v) is 3.19. The monoisotopic (exact) mass is 196 g/mol. The molecule has 0 bridgehead atoms. The minimum Gasteiger partial charge on any atom is -0.489 e. The molecule has 14 heavy (non-hydrogen) atoms. The molecule has 0 unspecified atom stereocenters. The molecule has 1 aliphatic rings. The van der Waals surface area contributed by atoms with Gasteiger partial charge in [0.05, 0.1) is 0 Å². The Labute approximate surface area is 87.3 Å². The summed E-state index contributed by atoms with van der Waals surface area (Å²) < 4.78 is 0. The summed E-state index contributed by atoms with van der Waals surface area (Å²) in [5.74, 6) is -0.169. The maximum Gasteiger partial charge on any atom is 0.263 e. The Balaban J connectivity index is 2.26. The number of hydrogen-bond donors (Lipinski definition) is 1. The van der Waals surface area contributed by atoms with E-state index in [1.807, 2.05) is 0 Å². The Kier molecular flexibility index (Phi) is 5.73. The normalized spacial score (nSPS) is 21.4. The van der Waals surface area contributed by atoms with Crippen molar-refractivity contribution in [1.82, 2.24) is 0 Å². The van der Waals surface area contributed by atoms with Crippen LogP contribution in [0.25, 0.3) is 0 Å². The molecule has 0 aromatic rings. The highest BCUT2D eigenvalue weighted by Crippen LogP contribution is 2.24. The van der Waals surface area contributed by atoms with Crippen molar-refractivity contribution in [1.29, 1.82) is 0 Å². The Morgan fingerprint density at radius 3 is 1.79 bits per heavy atom. The second kappa shape index (κ2) is 6.91. The van der Waals surface area contributed by atoms with Gasteiger partial charge in [0.1, 0.15) is 0 Å². The number of carboxylic acid groups (broad SMARTS) is 1. The first kappa shape index (κ1) is 11.6. The topological polar surface area (TPSA) is 37.3 Å². The van der Waals surface area contributed by atoms with E-state index >= 15 is 0 Å². The van der Waals surface area contributed by atoms with Crippen molar-refractivity contribution in [3.8, 4) is 0 Å². The lowest BCUT2D eigenvalue weighted by molar-refractivity contribution is 0.219. The molecule has 80 valence electrons. The Morgan fingerprint density at radius 2 is 1.36 bits per heavy atom. The van der Waals surface area contributed by atoms with Gasteiger partial charge in [-0.3, -0.25) is 4.79 Å². The summed E-state index contributed by atoms with van der Waals surface area (Å²) in [5.41, 5.74) is 0. The molecule has 1 saturated carbocycles. The summed E-state index contributed by atoms with van der Waals surface area (Å²) in [6, 6.07) is 0. The van der Waals surface area contributed by atoms with Gasteiger partial charge in [0, 0.05) is 0 Å². The highest BCUT2D eigenvalue weighted by molar-refractivity contribution is 6.72. The molecule has 1 rings (SSSR count). The van der Waals surface area contributed by atoms with Gasteiger partial charge in [0.2, 0.25) is 5.87 Å². The number of carbonyl (C=O) groups is 1. The first-order chi connectivity index (χ1) is 6.79. The van der Waals surface area contributed by atoms with Crippen LogP contribution in [0.3, 0.4) is 0 Å². The molecule has 1 aliphatic carbocycles. The van der Waals surface area contributed by atoms with Crippen LogP contribution in [0.1, 0.15) is 57.8 Å². The summed E-state index contributed by atoms with van der Waals surface area (Å²) in [4.78, 5) is 10.6. The van der Waals surface area contributed by atoms with Gasteiger partial charge in [-0.25, -0.2) is 0 Å². The summed E-state index contributed by atoms with van der Waals surface area (Å²) >= 11 is 0. The van der Waals surface area contributed by atoms with Gasteiger partial charge in [0.15, 0.2) is 0 Å². The second-order valence-corrected chi connectivity index (χ2v) is 4.52. The van der Waals surface area contributed by atoms with E-state index in [0.29, 0.717) is 13.1 Å². The fourth-order valence-corrected chi connectivity index (χ4v) is 2.35. The standard InChI is InChI=1S/C11H21BO2/c13-11(14)12-10-8-6-4-2-1-3-5-7-9-10/h10,12H,1-9H2,(H,13,14). The molecule has 0 aromatic heterocycles. The smallest absolute Gasteiger partial charge is 0.263 e. The third-order valence-electron chi connectivity index (χ3n) is 3.19. The molecule has 0 spiro atoms. The zero-order valence-electron chi connectivity index (χ0n) is 9.00. The zero-order chi connectivity index (χ0) is 10.2. The molecule has 0 heterocycles. The number of hydrogen-bond acceptors (Lipinski definition) is 1. The SMILES string of the molecule is O=C(O)BC1CCCCCCCCC1. The molecular weight excluding hydrogens is 175 g/mol. The van der Waals surface area contributed by atoms with E-state index in [4.69, 9.17) is 5.11 Å². The summed E-state index contributed by atoms with van der Waals surface area (Å²) in [6.45, 7) is 0. The van der Waals surface area contributed by atoms with Crippen LogP contribution in [-0.4, -0.2) is 18.3 Å². The fourth-order valence-electron chi connectivity index (χ4n) is 2.35. The summed E-state index contributed by atoms with van der Waals surface area (Å²) in [6.07, 6.45) is 11.4. The molecule has 0 saturated heterocycles. The van der Waals surface area contributed by atoms with E-state index in [9.17, 15) is 4.79 Å². The highest BCUT2D eigenvalue weighted by atomic mass is 16.4. The van der Waals surface area contributed by atoms with E-state index in [2.05, 4.69) is 0 Å². The van der Waals surface area contributed by atoms with Crippen molar-refractivity contribution in [3.05, 3.63) is 0 Å². The quantitative estimate of drug-likeness (QED) is 0.687. The van der Waals surface area contributed by atoms with E-state index in [-0.39, 0.29) is 0 Å². The number of rotatable bonds is 2. The van der Waals surface area contributed by atoms with E-state index in [0.717, 1.165) is 12.8 Å². The largest absolute Gasteiger partial charge is 0.489 e. The van der Waals surface area contributed by atoms with E-state index in [1.165, 1.54) is 44.9 Å². The van der Waals surface area contributed by atoms with Crippen LogP contribution in [0.2, 0.25) is 5.82 Å². The van der Waals surface area contributed by atoms with Crippen LogP contribution in [0.4, 0.5) is 4.79 Å². The molecule has 0 aliphatic heterocycles. The lowest BCUT2D eigenvalue weighted by Gasteiger charge is -2.15. The van der Waals surface area contributed by atoms with Crippen LogP contribution in [0.5, 0.6) is 0 Å². The van der Waals surface area contributed by atoms with Gasteiger partial charge in [-0.15, -0.1) is 0 Å². The summed E-state index contributed by atoms with van der Waals surface area (Å²) in [5, 5.41) is 8.75. The second-order valence-electron chi connectivity index (χ2n) is 4.52. The average Bonchev–Trinajstić information content (AvgIpc) is 2.15. The Bertz CT molecular complexity index is 161. The van der Waals surface area contributed by atoms with E-state index in [1.54, 1.807) is 0 Å². The van der Waals surface area contributed by atoms with Crippen molar-refractivity contribution >= 4 is 13.1 Å². The van der Waals surface area contributed by atoms with Crippen LogP contribution < -0.4 is 0 Å². The predicted octanol–water partition coefficient (Wildman–Crippen LogP) is 3.41. The first-order valence-electron chi connectivity index (χ1n) is 6.01. The lowest BCUT2D eigenvalue weighted by Crippen LogP contribution is -2.13. The molecule has 0 radical (unpaired) electrons. The summed E-state index contributed by atoms with van der Waals surface area (Å²) in [7, 11) is 0.389. The van der Waals surface area contributed by atoms with Crippen LogP contribution in [0, 0.1) is 0 Å². The van der Waals surface area contributed by atoms with Gasteiger partial charge >= 0.3 is 0 Å². The minimum atomic E-state index is -0.618. The Hall–Kier alpha value is -0.465. The molecule has 1 N–H and O–H groups in total. The van der Waals surface area contributed by atoms with Crippen molar-refractivity contribution < 1.29 is 9.90 Å². The minimum absolute atomic E-state index is 0.389. The highest BCUT2D eigenvalue weighted by Gasteiger charge is 2.15. The molecule has 0 atom stereocenters. The third kappa shape index (κ3) is 5.30.